The Morgan fingerprint density at radius 2 is 2.27 bits per heavy atom. The first-order valence-electron chi connectivity index (χ1n) is 5.24. The Kier molecular flexibility index (Phi) is 1.58. The lowest BCUT2D eigenvalue weighted by Crippen LogP contribution is -2.32. The third kappa shape index (κ3) is 0.925. The molecule has 2 heterocycles. The van der Waals surface area contributed by atoms with E-state index in [9.17, 15) is 9.90 Å². The van der Waals surface area contributed by atoms with Crippen molar-refractivity contribution in [2.24, 2.45) is 18.9 Å². The lowest BCUT2D eigenvalue weighted by molar-refractivity contribution is -0.141. The zero-order valence-electron chi connectivity index (χ0n) is 8.60. The van der Waals surface area contributed by atoms with Crippen molar-refractivity contribution >= 4 is 5.97 Å². The number of fused-ring (bicyclic) bond motifs is 1. The van der Waals surface area contributed by atoms with E-state index < -0.39 is 11.4 Å². The van der Waals surface area contributed by atoms with Crippen molar-refractivity contribution in [1.82, 2.24) is 9.88 Å². The van der Waals surface area contributed by atoms with Crippen LogP contribution in [0, 0.1) is 11.8 Å². The van der Waals surface area contributed by atoms with E-state index in [1.165, 1.54) is 0 Å². The number of hydrogen-bond donors (Lipinski definition) is 2. The van der Waals surface area contributed by atoms with Crippen LogP contribution in [0.5, 0.6) is 0 Å². The zero-order valence-corrected chi connectivity index (χ0v) is 8.60. The Morgan fingerprint density at radius 1 is 1.60 bits per heavy atom. The number of rotatable bonds is 2. The largest absolute Gasteiger partial charge is 0.481 e. The van der Waals surface area contributed by atoms with E-state index in [1.54, 1.807) is 0 Å². The minimum Gasteiger partial charge on any atom is -0.481 e. The van der Waals surface area contributed by atoms with E-state index in [1.807, 2.05) is 30.1 Å². The second kappa shape index (κ2) is 2.64. The Bertz CT molecular complexity index is 414. The lowest BCUT2D eigenvalue weighted by Gasteiger charge is -2.14. The molecule has 0 aromatic carbocycles. The second-order valence-electron chi connectivity index (χ2n) is 4.61. The van der Waals surface area contributed by atoms with Crippen molar-refractivity contribution in [3.63, 3.8) is 0 Å². The lowest BCUT2D eigenvalue weighted by atomic mass is 9.93. The van der Waals surface area contributed by atoms with E-state index in [4.69, 9.17) is 0 Å². The standard InChI is InChI=1S/C11H14N2O2/c1-13-3-2-7(6-13)11(10(14)15)8-4-12-5-9(8)11/h2-3,6,8-9,12H,4-5H2,1H3,(H,14,15). The van der Waals surface area contributed by atoms with Gasteiger partial charge in [0.2, 0.25) is 0 Å². The molecule has 0 radical (unpaired) electrons. The first kappa shape index (κ1) is 8.97. The van der Waals surface area contributed by atoms with Crippen LogP contribution in [0.3, 0.4) is 0 Å². The summed E-state index contributed by atoms with van der Waals surface area (Å²) in [5.41, 5.74) is 0.376. The molecule has 2 aliphatic rings. The third-order valence-electron chi connectivity index (χ3n) is 3.94. The Hall–Kier alpha value is -1.29. The molecular weight excluding hydrogens is 192 g/mol. The fourth-order valence-electron chi connectivity index (χ4n) is 3.16. The summed E-state index contributed by atoms with van der Waals surface area (Å²) in [6, 6.07) is 1.94. The molecule has 0 spiro atoms. The average Bonchev–Trinajstić information content (AvgIpc) is 2.61. The van der Waals surface area contributed by atoms with Gasteiger partial charge in [0.15, 0.2) is 0 Å². The molecule has 2 N–H and O–H groups in total. The van der Waals surface area contributed by atoms with Crippen LogP contribution in [0.15, 0.2) is 18.5 Å². The van der Waals surface area contributed by atoms with Crippen LogP contribution in [0.2, 0.25) is 0 Å². The number of aromatic nitrogens is 1. The molecule has 2 fully saturated rings. The minimum atomic E-state index is -0.662. The van der Waals surface area contributed by atoms with Crippen LogP contribution >= 0.6 is 0 Å². The van der Waals surface area contributed by atoms with Crippen molar-refractivity contribution in [2.45, 2.75) is 5.41 Å². The molecule has 15 heavy (non-hydrogen) atoms. The highest BCUT2D eigenvalue weighted by Crippen LogP contribution is 2.61. The molecule has 1 aliphatic carbocycles. The van der Waals surface area contributed by atoms with Gasteiger partial charge in [-0.1, -0.05) is 0 Å². The summed E-state index contributed by atoms with van der Waals surface area (Å²) >= 11 is 0. The predicted octanol–water partition coefficient (Wildman–Crippen LogP) is 0.197. The summed E-state index contributed by atoms with van der Waals surface area (Å²) in [7, 11) is 1.93. The van der Waals surface area contributed by atoms with E-state index in [-0.39, 0.29) is 11.8 Å². The van der Waals surface area contributed by atoms with Crippen molar-refractivity contribution in [2.75, 3.05) is 13.1 Å². The number of carbonyl (C=O) groups is 1. The van der Waals surface area contributed by atoms with Crippen LogP contribution < -0.4 is 5.32 Å². The zero-order chi connectivity index (χ0) is 10.6. The van der Waals surface area contributed by atoms with E-state index in [2.05, 4.69) is 5.32 Å². The number of carboxylic acid groups (broad SMARTS) is 1. The summed E-state index contributed by atoms with van der Waals surface area (Å²) in [6.07, 6.45) is 3.86. The molecule has 0 amide bonds. The molecule has 4 nitrogen and oxygen atoms in total. The number of nitrogens with one attached hydrogen (secondary N) is 1. The first-order chi connectivity index (χ1) is 7.17. The van der Waals surface area contributed by atoms with Gasteiger partial charge < -0.3 is 15.0 Å². The Labute approximate surface area is 87.9 Å². The summed E-state index contributed by atoms with van der Waals surface area (Å²) in [5.74, 6) is -0.0833. The van der Waals surface area contributed by atoms with Crippen LogP contribution in [-0.2, 0) is 17.3 Å². The van der Waals surface area contributed by atoms with Crippen molar-refractivity contribution in [3.05, 3.63) is 24.0 Å². The van der Waals surface area contributed by atoms with Gasteiger partial charge >= 0.3 is 5.97 Å². The van der Waals surface area contributed by atoms with E-state index in [0.29, 0.717) is 0 Å². The minimum absolute atomic E-state index is 0.289. The molecule has 2 unspecified atom stereocenters. The molecule has 1 saturated carbocycles. The van der Waals surface area contributed by atoms with Gasteiger partial charge in [0.1, 0.15) is 5.41 Å². The predicted molar refractivity (Wildman–Crippen MR) is 54.6 cm³/mol. The first-order valence-corrected chi connectivity index (χ1v) is 5.24. The van der Waals surface area contributed by atoms with Gasteiger partial charge in [-0.15, -0.1) is 0 Å². The quantitative estimate of drug-likeness (QED) is 0.726. The molecule has 4 heteroatoms. The number of hydrogen-bond acceptors (Lipinski definition) is 2. The summed E-state index contributed by atoms with van der Waals surface area (Å²) in [6.45, 7) is 1.68. The monoisotopic (exact) mass is 206 g/mol. The SMILES string of the molecule is Cn1ccc(C2(C(=O)O)C3CNCC32)c1. The van der Waals surface area contributed by atoms with Gasteiger partial charge in [-0.2, -0.15) is 0 Å². The highest BCUT2D eigenvalue weighted by molar-refractivity contribution is 5.87. The van der Waals surface area contributed by atoms with Crippen LogP contribution in [0.25, 0.3) is 0 Å². The molecule has 1 aliphatic heterocycles. The maximum atomic E-state index is 11.5. The fourth-order valence-corrected chi connectivity index (χ4v) is 3.16. The normalized spacial score (nSPS) is 37.7. The van der Waals surface area contributed by atoms with Crippen molar-refractivity contribution in [3.8, 4) is 0 Å². The summed E-state index contributed by atoms with van der Waals surface area (Å²) < 4.78 is 1.92. The van der Waals surface area contributed by atoms with E-state index >= 15 is 0 Å². The van der Waals surface area contributed by atoms with Gasteiger partial charge in [0, 0.05) is 19.4 Å². The number of carboxylic acids is 1. The molecule has 1 aromatic heterocycles. The van der Waals surface area contributed by atoms with Gasteiger partial charge in [-0.05, 0) is 36.6 Å². The maximum Gasteiger partial charge on any atom is 0.314 e. The van der Waals surface area contributed by atoms with Crippen molar-refractivity contribution in [1.29, 1.82) is 0 Å². The van der Waals surface area contributed by atoms with Gasteiger partial charge in [-0.25, -0.2) is 0 Å². The fraction of sp³-hybridized carbons (Fsp3) is 0.545. The molecule has 3 rings (SSSR count). The highest BCUT2D eigenvalue weighted by atomic mass is 16.4. The molecule has 2 atom stereocenters. The highest BCUT2D eigenvalue weighted by Gasteiger charge is 2.72. The van der Waals surface area contributed by atoms with Gasteiger partial charge in [-0.3, -0.25) is 4.79 Å². The Balaban J connectivity index is 2.04. The molecular formula is C11H14N2O2. The molecule has 0 bridgehead atoms. The molecule has 1 aromatic rings. The third-order valence-corrected chi connectivity index (χ3v) is 3.94. The second-order valence-corrected chi connectivity index (χ2v) is 4.61. The van der Waals surface area contributed by atoms with Gasteiger partial charge in [0.05, 0.1) is 0 Å². The maximum absolute atomic E-state index is 11.5. The van der Waals surface area contributed by atoms with Crippen LogP contribution in [-0.4, -0.2) is 28.7 Å². The average molecular weight is 206 g/mol. The summed E-state index contributed by atoms with van der Waals surface area (Å²) in [4.78, 5) is 11.5. The molecule has 80 valence electrons. The number of aryl methyl sites for hydroxylation is 1. The number of nitrogens with zero attached hydrogens (tertiary/aromatic N) is 1. The number of aliphatic carboxylic acids is 1. The topological polar surface area (TPSA) is 54.3 Å². The Morgan fingerprint density at radius 3 is 2.73 bits per heavy atom. The van der Waals surface area contributed by atoms with Crippen molar-refractivity contribution < 1.29 is 9.90 Å². The van der Waals surface area contributed by atoms with Gasteiger partial charge in [0.25, 0.3) is 0 Å². The smallest absolute Gasteiger partial charge is 0.314 e. The van der Waals surface area contributed by atoms with Crippen LogP contribution in [0.1, 0.15) is 5.56 Å². The number of piperidine rings is 1. The molecule has 1 saturated heterocycles. The summed E-state index contributed by atoms with van der Waals surface area (Å²) in [5, 5.41) is 12.7. The van der Waals surface area contributed by atoms with Crippen LogP contribution in [0.4, 0.5) is 0 Å². The van der Waals surface area contributed by atoms with E-state index in [0.717, 1.165) is 18.7 Å².